The summed E-state index contributed by atoms with van der Waals surface area (Å²) in [6.45, 7) is 6.22. The third-order valence-electron chi connectivity index (χ3n) is 4.20. The molecule has 0 unspecified atom stereocenters. The Labute approximate surface area is 198 Å². The molecule has 3 aromatic rings. The second-order valence-corrected chi connectivity index (χ2v) is 9.79. The van der Waals surface area contributed by atoms with Crippen molar-refractivity contribution in [3.63, 3.8) is 0 Å². The monoisotopic (exact) mass is 526 g/mol. The molecule has 0 fully saturated rings. The van der Waals surface area contributed by atoms with Gasteiger partial charge >= 0.3 is 0 Å². The van der Waals surface area contributed by atoms with E-state index in [4.69, 9.17) is 16.3 Å². The van der Waals surface area contributed by atoms with Gasteiger partial charge in [0, 0.05) is 29.9 Å². The van der Waals surface area contributed by atoms with Crippen molar-refractivity contribution in [2.24, 2.45) is 0 Å². The van der Waals surface area contributed by atoms with Crippen molar-refractivity contribution in [2.45, 2.75) is 30.8 Å². The number of nitrogens with zero attached hydrogens (tertiary/aromatic N) is 4. The quantitative estimate of drug-likeness (QED) is 0.231. The minimum atomic E-state index is -0.240. The number of anilines is 1. The molecule has 0 saturated carbocycles. The summed E-state index contributed by atoms with van der Waals surface area (Å²) in [6.07, 6.45) is 1.74. The second-order valence-electron chi connectivity index (χ2n) is 6.93. The number of halogens is 2. The zero-order valence-corrected chi connectivity index (χ0v) is 20.6. The summed E-state index contributed by atoms with van der Waals surface area (Å²) in [5.74, 6) is 0.483. The van der Waals surface area contributed by atoms with E-state index in [2.05, 4.69) is 55.5 Å². The van der Waals surface area contributed by atoms with Crippen molar-refractivity contribution >= 4 is 62.1 Å². The first-order valence-corrected chi connectivity index (χ1v) is 11.8. The standard InChI is InChI=1S/C20H24BrClN6O2S/c1-12(2)31-20-26-17(23-7-9-30-3)15-11-25-28(18(15)27-20)8-6-24-19(29)14-10-13(21)4-5-16(14)22/h4-5,10-12H,6-9H2,1-3H3,(H,24,29)(H,23,26,27). The van der Waals surface area contributed by atoms with Crippen LogP contribution in [0.5, 0.6) is 0 Å². The number of amides is 1. The van der Waals surface area contributed by atoms with Gasteiger partial charge in [0.2, 0.25) is 0 Å². The number of ether oxygens (including phenoxy) is 1. The molecule has 0 aliphatic heterocycles. The molecule has 0 bridgehead atoms. The van der Waals surface area contributed by atoms with E-state index in [9.17, 15) is 4.79 Å². The van der Waals surface area contributed by atoms with E-state index < -0.39 is 0 Å². The van der Waals surface area contributed by atoms with Gasteiger partial charge in [-0.15, -0.1) is 0 Å². The molecule has 2 heterocycles. The number of methoxy groups -OCH3 is 1. The highest BCUT2D eigenvalue weighted by Crippen LogP contribution is 2.26. The molecule has 1 aromatic carbocycles. The van der Waals surface area contributed by atoms with E-state index in [1.807, 2.05) is 0 Å². The van der Waals surface area contributed by atoms with Crippen LogP contribution < -0.4 is 10.6 Å². The first kappa shape index (κ1) is 23.8. The second kappa shape index (κ2) is 11.1. The van der Waals surface area contributed by atoms with Crippen LogP contribution in [0.2, 0.25) is 5.02 Å². The Morgan fingerprint density at radius 1 is 1.32 bits per heavy atom. The topological polar surface area (TPSA) is 94.0 Å². The molecule has 31 heavy (non-hydrogen) atoms. The lowest BCUT2D eigenvalue weighted by atomic mass is 10.2. The Kier molecular flexibility index (Phi) is 8.53. The van der Waals surface area contributed by atoms with Gasteiger partial charge in [-0.1, -0.05) is 53.1 Å². The molecule has 0 saturated heterocycles. The third kappa shape index (κ3) is 6.31. The first-order valence-electron chi connectivity index (χ1n) is 9.75. The lowest BCUT2D eigenvalue weighted by Crippen LogP contribution is -2.27. The van der Waals surface area contributed by atoms with Crippen LogP contribution in [0.1, 0.15) is 24.2 Å². The zero-order chi connectivity index (χ0) is 22.4. The van der Waals surface area contributed by atoms with Crippen molar-refractivity contribution in [3.05, 3.63) is 39.5 Å². The van der Waals surface area contributed by atoms with Crippen molar-refractivity contribution < 1.29 is 9.53 Å². The number of hydrogen-bond acceptors (Lipinski definition) is 7. The van der Waals surface area contributed by atoms with Crippen molar-refractivity contribution in [1.29, 1.82) is 0 Å². The first-order chi connectivity index (χ1) is 14.9. The highest BCUT2D eigenvalue weighted by molar-refractivity contribution is 9.10. The maximum atomic E-state index is 12.5. The normalized spacial score (nSPS) is 11.3. The van der Waals surface area contributed by atoms with Gasteiger partial charge in [0.25, 0.3) is 5.91 Å². The smallest absolute Gasteiger partial charge is 0.252 e. The average Bonchev–Trinajstić information content (AvgIpc) is 3.12. The molecule has 2 N–H and O–H groups in total. The van der Waals surface area contributed by atoms with Crippen LogP contribution in [0.4, 0.5) is 5.82 Å². The van der Waals surface area contributed by atoms with Crippen molar-refractivity contribution in [2.75, 3.05) is 32.1 Å². The SMILES string of the molecule is COCCNc1nc(SC(C)C)nc2c1cnn2CCNC(=O)c1cc(Br)ccc1Cl. The Bertz CT molecular complexity index is 1060. The summed E-state index contributed by atoms with van der Waals surface area (Å²) < 4.78 is 7.68. The van der Waals surface area contributed by atoms with Crippen LogP contribution >= 0.6 is 39.3 Å². The highest BCUT2D eigenvalue weighted by atomic mass is 79.9. The zero-order valence-electron chi connectivity index (χ0n) is 17.5. The number of aromatic nitrogens is 4. The Balaban J connectivity index is 1.76. The lowest BCUT2D eigenvalue weighted by molar-refractivity contribution is 0.0952. The lowest BCUT2D eigenvalue weighted by Gasteiger charge is -2.11. The van der Waals surface area contributed by atoms with Crippen molar-refractivity contribution in [3.8, 4) is 0 Å². The van der Waals surface area contributed by atoms with Gasteiger partial charge in [0.1, 0.15) is 5.82 Å². The average molecular weight is 528 g/mol. The van der Waals surface area contributed by atoms with Crippen LogP contribution in [0.3, 0.4) is 0 Å². The number of thioether (sulfide) groups is 1. The molecule has 0 atom stereocenters. The van der Waals surface area contributed by atoms with Gasteiger partial charge in [-0.25, -0.2) is 14.6 Å². The molecule has 8 nitrogen and oxygen atoms in total. The summed E-state index contributed by atoms with van der Waals surface area (Å²) in [4.78, 5) is 21.8. The Hall–Kier alpha value is -1.88. The minimum absolute atomic E-state index is 0.240. The number of fused-ring (bicyclic) bond motifs is 1. The summed E-state index contributed by atoms with van der Waals surface area (Å²) in [7, 11) is 1.66. The van der Waals surface area contributed by atoms with Crippen LogP contribution in [0, 0.1) is 0 Å². The molecule has 0 radical (unpaired) electrons. The molecule has 0 aliphatic rings. The summed E-state index contributed by atoms with van der Waals surface area (Å²) in [6, 6.07) is 5.17. The van der Waals surface area contributed by atoms with Crippen LogP contribution in [0.25, 0.3) is 11.0 Å². The number of nitrogens with one attached hydrogen (secondary N) is 2. The van der Waals surface area contributed by atoms with Gasteiger partial charge in [0.15, 0.2) is 10.8 Å². The van der Waals surface area contributed by atoms with E-state index >= 15 is 0 Å². The van der Waals surface area contributed by atoms with E-state index in [0.717, 1.165) is 15.7 Å². The summed E-state index contributed by atoms with van der Waals surface area (Å²) in [5, 5.41) is 12.9. The van der Waals surface area contributed by atoms with Gasteiger partial charge in [-0.2, -0.15) is 5.10 Å². The largest absolute Gasteiger partial charge is 0.383 e. The minimum Gasteiger partial charge on any atom is -0.383 e. The number of benzene rings is 1. The number of carbonyl (C=O) groups excluding carboxylic acids is 1. The van der Waals surface area contributed by atoms with E-state index in [1.165, 1.54) is 0 Å². The molecule has 166 valence electrons. The van der Waals surface area contributed by atoms with Crippen LogP contribution in [-0.2, 0) is 11.3 Å². The predicted octanol–water partition coefficient (Wildman–Crippen LogP) is 4.23. The van der Waals surface area contributed by atoms with Crippen molar-refractivity contribution in [1.82, 2.24) is 25.1 Å². The van der Waals surface area contributed by atoms with Gasteiger partial charge in [-0.05, 0) is 18.2 Å². The molecule has 1 amide bonds. The van der Waals surface area contributed by atoms with Crippen LogP contribution in [0.15, 0.2) is 34.0 Å². The maximum Gasteiger partial charge on any atom is 0.252 e. The number of hydrogen-bond donors (Lipinski definition) is 2. The van der Waals surface area contributed by atoms with Crippen LogP contribution in [-0.4, -0.2) is 57.7 Å². The highest BCUT2D eigenvalue weighted by Gasteiger charge is 2.15. The fourth-order valence-corrected chi connectivity index (χ4v) is 4.08. The molecular weight excluding hydrogens is 504 g/mol. The van der Waals surface area contributed by atoms with Gasteiger partial charge in [-0.3, -0.25) is 4.79 Å². The summed E-state index contributed by atoms with van der Waals surface area (Å²) >= 11 is 11.1. The third-order valence-corrected chi connectivity index (χ3v) is 5.89. The molecular formula is C20H24BrClN6O2S. The maximum absolute atomic E-state index is 12.5. The van der Waals surface area contributed by atoms with E-state index in [-0.39, 0.29) is 5.91 Å². The molecule has 2 aromatic heterocycles. The molecule has 11 heteroatoms. The Morgan fingerprint density at radius 2 is 2.13 bits per heavy atom. The summed E-state index contributed by atoms with van der Waals surface area (Å²) in [5.41, 5.74) is 1.14. The van der Waals surface area contributed by atoms with E-state index in [1.54, 1.807) is 47.9 Å². The number of rotatable bonds is 10. The van der Waals surface area contributed by atoms with Gasteiger partial charge in [0.05, 0.1) is 35.3 Å². The molecule has 3 rings (SSSR count). The molecule has 0 spiro atoms. The van der Waals surface area contributed by atoms with E-state index in [0.29, 0.717) is 52.9 Å². The Morgan fingerprint density at radius 3 is 2.87 bits per heavy atom. The molecule has 0 aliphatic carbocycles. The fourth-order valence-electron chi connectivity index (χ4n) is 2.81. The van der Waals surface area contributed by atoms with Gasteiger partial charge < -0.3 is 15.4 Å². The fraction of sp³-hybridized carbons (Fsp3) is 0.400. The number of carbonyl (C=O) groups is 1. The predicted molar refractivity (Wildman–Crippen MR) is 128 cm³/mol.